The van der Waals surface area contributed by atoms with Gasteiger partial charge in [-0.3, -0.25) is 9.89 Å². The summed E-state index contributed by atoms with van der Waals surface area (Å²) in [5.41, 5.74) is 1.75. The summed E-state index contributed by atoms with van der Waals surface area (Å²) in [7, 11) is 0. The molecule has 1 fully saturated rings. The topological polar surface area (TPSA) is 78.0 Å². The highest BCUT2D eigenvalue weighted by molar-refractivity contribution is 5.94. The van der Waals surface area contributed by atoms with Crippen molar-refractivity contribution in [2.24, 2.45) is 5.92 Å². The number of nitrogens with one attached hydrogen (secondary N) is 2. The minimum absolute atomic E-state index is 0.0171. The highest BCUT2D eigenvalue weighted by Crippen LogP contribution is 2.26. The van der Waals surface area contributed by atoms with Gasteiger partial charge in [0.1, 0.15) is 0 Å². The van der Waals surface area contributed by atoms with E-state index in [-0.39, 0.29) is 17.9 Å². The van der Waals surface area contributed by atoms with Crippen LogP contribution in [0.3, 0.4) is 0 Å². The molecule has 1 heterocycles. The fourth-order valence-electron chi connectivity index (χ4n) is 2.60. The number of aromatic amines is 1. The molecule has 1 aromatic carbocycles. The van der Waals surface area contributed by atoms with Crippen molar-refractivity contribution in [3.63, 3.8) is 0 Å². The number of rotatable bonds is 2. The predicted octanol–water partition coefficient (Wildman–Crippen LogP) is 2.05. The number of H-pyrrole nitrogens is 1. The molecule has 3 rings (SSSR count). The number of carbonyl (C=O) groups is 1. The van der Waals surface area contributed by atoms with Crippen LogP contribution in [0, 0.1) is 5.92 Å². The molecule has 0 atom stereocenters. The van der Waals surface area contributed by atoms with Crippen molar-refractivity contribution < 1.29 is 9.90 Å². The van der Waals surface area contributed by atoms with Crippen LogP contribution in [0.25, 0.3) is 10.9 Å². The fourth-order valence-corrected chi connectivity index (χ4v) is 2.60. The summed E-state index contributed by atoms with van der Waals surface area (Å²) < 4.78 is 0. The van der Waals surface area contributed by atoms with Crippen LogP contribution in [0.4, 0.5) is 5.69 Å². The molecule has 1 saturated carbocycles. The summed E-state index contributed by atoms with van der Waals surface area (Å²) in [4.78, 5) is 12.1. The zero-order valence-corrected chi connectivity index (χ0v) is 10.6. The van der Waals surface area contributed by atoms with E-state index in [1.165, 1.54) is 0 Å². The van der Waals surface area contributed by atoms with Gasteiger partial charge in [-0.05, 0) is 43.9 Å². The van der Waals surface area contributed by atoms with Crippen molar-refractivity contribution in [2.45, 2.75) is 31.8 Å². The number of benzene rings is 1. The Bertz CT molecular complexity index is 585. The van der Waals surface area contributed by atoms with Crippen molar-refractivity contribution in [1.29, 1.82) is 0 Å². The van der Waals surface area contributed by atoms with E-state index in [1.807, 2.05) is 18.2 Å². The molecule has 5 heteroatoms. The lowest BCUT2D eigenvalue weighted by Crippen LogP contribution is -2.28. The smallest absolute Gasteiger partial charge is 0.227 e. The van der Waals surface area contributed by atoms with Crippen LogP contribution < -0.4 is 5.32 Å². The number of aliphatic hydroxyl groups excluding tert-OH is 1. The standard InChI is InChI=1S/C14H17N3O2/c18-12-4-1-9(2-5-12)14(19)16-11-3-6-13-10(7-11)8-15-17-13/h3,6-9,12,18H,1-2,4-5H2,(H,15,17)(H,16,19). The van der Waals surface area contributed by atoms with Gasteiger partial charge >= 0.3 is 0 Å². The molecule has 1 aliphatic rings. The average molecular weight is 259 g/mol. The van der Waals surface area contributed by atoms with Crippen molar-refractivity contribution in [3.8, 4) is 0 Å². The van der Waals surface area contributed by atoms with E-state index in [0.29, 0.717) is 0 Å². The highest BCUT2D eigenvalue weighted by Gasteiger charge is 2.25. The molecule has 1 aliphatic carbocycles. The Hall–Kier alpha value is -1.88. The van der Waals surface area contributed by atoms with Crippen molar-refractivity contribution >= 4 is 22.5 Å². The lowest BCUT2D eigenvalue weighted by Gasteiger charge is -2.24. The maximum absolute atomic E-state index is 12.1. The molecular formula is C14H17N3O2. The number of nitrogens with zero attached hydrogens (tertiary/aromatic N) is 1. The van der Waals surface area contributed by atoms with E-state index in [4.69, 9.17) is 0 Å². The zero-order chi connectivity index (χ0) is 13.2. The Labute approximate surface area is 111 Å². The molecule has 0 unspecified atom stereocenters. The third-order valence-corrected chi connectivity index (χ3v) is 3.78. The van der Waals surface area contributed by atoms with Crippen LogP contribution in [-0.2, 0) is 4.79 Å². The molecule has 19 heavy (non-hydrogen) atoms. The number of hydrogen-bond donors (Lipinski definition) is 3. The Morgan fingerprint density at radius 3 is 2.89 bits per heavy atom. The predicted molar refractivity (Wildman–Crippen MR) is 72.7 cm³/mol. The van der Waals surface area contributed by atoms with Crippen LogP contribution in [0.2, 0.25) is 0 Å². The van der Waals surface area contributed by atoms with Crippen LogP contribution >= 0.6 is 0 Å². The summed E-state index contributed by atoms with van der Waals surface area (Å²) in [6, 6.07) is 5.69. The minimum atomic E-state index is -0.230. The third-order valence-electron chi connectivity index (χ3n) is 3.78. The molecule has 0 spiro atoms. The monoisotopic (exact) mass is 259 g/mol. The first-order valence-corrected chi connectivity index (χ1v) is 6.64. The van der Waals surface area contributed by atoms with Gasteiger partial charge in [-0.2, -0.15) is 5.10 Å². The summed E-state index contributed by atoms with van der Waals surface area (Å²) in [5.74, 6) is 0.0678. The maximum Gasteiger partial charge on any atom is 0.227 e. The number of anilines is 1. The number of carbonyl (C=O) groups excluding carboxylic acids is 1. The summed E-state index contributed by atoms with van der Waals surface area (Å²) in [6.07, 6.45) is 4.48. The SMILES string of the molecule is O=C(Nc1ccc2[nH]ncc2c1)C1CCC(O)CC1. The largest absolute Gasteiger partial charge is 0.393 e. The zero-order valence-electron chi connectivity index (χ0n) is 10.6. The highest BCUT2D eigenvalue weighted by atomic mass is 16.3. The quantitative estimate of drug-likeness (QED) is 0.772. The van der Waals surface area contributed by atoms with Gasteiger partial charge in [-0.1, -0.05) is 0 Å². The minimum Gasteiger partial charge on any atom is -0.393 e. The second kappa shape index (κ2) is 5.01. The number of amides is 1. The molecule has 100 valence electrons. The van der Waals surface area contributed by atoms with E-state index >= 15 is 0 Å². The number of fused-ring (bicyclic) bond motifs is 1. The molecule has 2 aromatic rings. The van der Waals surface area contributed by atoms with Crippen molar-refractivity contribution in [2.75, 3.05) is 5.32 Å². The molecule has 0 radical (unpaired) electrons. The average Bonchev–Trinajstić information content (AvgIpc) is 2.87. The van der Waals surface area contributed by atoms with Crippen LogP contribution in [-0.4, -0.2) is 27.3 Å². The first-order chi connectivity index (χ1) is 9.22. The van der Waals surface area contributed by atoms with Gasteiger partial charge in [-0.15, -0.1) is 0 Å². The van der Waals surface area contributed by atoms with Crippen molar-refractivity contribution in [3.05, 3.63) is 24.4 Å². The van der Waals surface area contributed by atoms with Crippen LogP contribution in [0.1, 0.15) is 25.7 Å². The molecule has 1 amide bonds. The van der Waals surface area contributed by atoms with Gasteiger partial charge in [0.2, 0.25) is 5.91 Å². The van der Waals surface area contributed by atoms with Gasteiger partial charge in [-0.25, -0.2) is 0 Å². The van der Waals surface area contributed by atoms with Gasteiger partial charge in [0.05, 0.1) is 17.8 Å². The summed E-state index contributed by atoms with van der Waals surface area (Å²) in [5, 5.41) is 20.2. The number of aromatic nitrogens is 2. The number of aliphatic hydroxyl groups is 1. The lowest BCUT2D eigenvalue weighted by atomic mass is 9.87. The van der Waals surface area contributed by atoms with E-state index < -0.39 is 0 Å². The molecule has 0 saturated heterocycles. The molecule has 0 bridgehead atoms. The molecule has 5 nitrogen and oxygen atoms in total. The fraction of sp³-hybridized carbons (Fsp3) is 0.429. The van der Waals surface area contributed by atoms with E-state index in [0.717, 1.165) is 42.3 Å². The second-order valence-electron chi connectivity index (χ2n) is 5.17. The Kier molecular flexibility index (Phi) is 3.21. The van der Waals surface area contributed by atoms with E-state index in [9.17, 15) is 9.90 Å². The first-order valence-electron chi connectivity index (χ1n) is 6.64. The van der Waals surface area contributed by atoms with Gasteiger partial charge in [0.15, 0.2) is 0 Å². The van der Waals surface area contributed by atoms with Gasteiger partial charge < -0.3 is 10.4 Å². The normalized spacial score (nSPS) is 23.4. The van der Waals surface area contributed by atoms with Gasteiger partial charge in [0.25, 0.3) is 0 Å². The van der Waals surface area contributed by atoms with Crippen molar-refractivity contribution in [1.82, 2.24) is 10.2 Å². The second-order valence-corrected chi connectivity index (χ2v) is 5.17. The third kappa shape index (κ3) is 2.61. The summed E-state index contributed by atoms with van der Waals surface area (Å²) >= 11 is 0. The van der Waals surface area contributed by atoms with Gasteiger partial charge in [0, 0.05) is 17.0 Å². The molecule has 0 aliphatic heterocycles. The van der Waals surface area contributed by atoms with Crippen LogP contribution in [0.5, 0.6) is 0 Å². The molecule has 1 aromatic heterocycles. The van der Waals surface area contributed by atoms with E-state index in [1.54, 1.807) is 6.20 Å². The maximum atomic E-state index is 12.1. The first kappa shape index (κ1) is 12.2. The number of hydrogen-bond acceptors (Lipinski definition) is 3. The van der Waals surface area contributed by atoms with E-state index in [2.05, 4.69) is 15.5 Å². The Balaban J connectivity index is 1.68. The molecular weight excluding hydrogens is 242 g/mol. The Morgan fingerprint density at radius 1 is 1.32 bits per heavy atom. The molecule has 3 N–H and O–H groups in total. The van der Waals surface area contributed by atoms with Crippen LogP contribution in [0.15, 0.2) is 24.4 Å². The summed E-state index contributed by atoms with van der Waals surface area (Å²) in [6.45, 7) is 0. The Morgan fingerprint density at radius 2 is 2.11 bits per heavy atom. The lowest BCUT2D eigenvalue weighted by molar-refractivity contribution is -0.121.